The number of nitrogens with one attached hydrogen (secondary N) is 1. The van der Waals surface area contributed by atoms with Crippen molar-refractivity contribution < 1.29 is 14.4 Å². The number of imide groups is 1. The van der Waals surface area contributed by atoms with Gasteiger partial charge in [-0.15, -0.1) is 0 Å². The standard InChI is InChI=1S/C18H13BrN4O3/c19-13-5-7-14(8-6-13)23-17(25)11-22(18(23)26)10-16(24)21-15-4-2-1-3-12(15)9-20/h1-8H,10-11H2,(H,21,24). The van der Waals surface area contributed by atoms with Crippen molar-refractivity contribution >= 4 is 45.2 Å². The largest absolute Gasteiger partial charge is 0.332 e. The van der Waals surface area contributed by atoms with E-state index in [-0.39, 0.29) is 13.1 Å². The van der Waals surface area contributed by atoms with E-state index in [2.05, 4.69) is 21.2 Å². The average Bonchev–Trinajstić information content (AvgIpc) is 2.90. The van der Waals surface area contributed by atoms with Crippen LogP contribution in [-0.2, 0) is 9.59 Å². The summed E-state index contributed by atoms with van der Waals surface area (Å²) in [5.74, 6) is -0.881. The Labute approximate surface area is 157 Å². The monoisotopic (exact) mass is 412 g/mol. The van der Waals surface area contributed by atoms with Crippen LogP contribution in [0.2, 0.25) is 0 Å². The fraction of sp³-hybridized carbons (Fsp3) is 0.111. The summed E-state index contributed by atoms with van der Waals surface area (Å²) in [6.07, 6.45) is 0. The van der Waals surface area contributed by atoms with Crippen molar-refractivity contribution in [2.45, 2.75) is 0 Å². The summed E-state index contributed by atoms with van der Waals surface area (Å²) in [6.45, 7) is -0.459. The number of hydrogen-bond acceptors (Lipinski definition) is 4. The van der Waals surface area contributed by atoms with Crippen LogP contribution in [0.15, 0.2) is 53.0 Å². The van der Waals surface area contributed by atoms with Crippen molar-refractivity contribution in [3.8, 4) is 6.07 Å². The van der Waals surface area contributed by atoms with Crippen LogP contribution >= 0.6 is 15.9 Å². The number of halogens is 1. The maximum atomic E-state index is 12.5. The van der Waals surface area contributed by atoms with E-state index in [4.69, 9.17) is 5.26 Å². The zero-order valence-electron chi connectivity index (χ0n) is 13.5. The number of urea groups is 1. The second-order valence-corrected chi connectivity index (χ2v) is 6.47. The smallest absolute Gasteiger partial charge is 0.323 e. The molecule has 0 bridgehead atoms. The molecule has 26 heavy (non-hydrogen) atoms. The number of benzene rings is 2. The fourth-order valence-electron chi connectivity index (χ4n) is 2.57. The number of amides is 4. The van der Waals surface area contributed by atoms with Crippen LogP contribution in [0.25, 0.3) is 0 Å². The number of carbonyl (C=O) groups is 3. The van der Waals surface area contributed by atoms with Crippen LogP contribution in [-0.4, -0.2) is 35.8 Å². The summed E-state index contributed by atoms with van der Waals surface area (Å²) in [7, 11) is 0. The molecule has 0 radical (unpaired) electrons. The van der Waals surface area contributed by atoms with E-state index in [0.717, 1.165) is 14.3 Å². The van der Waals surface area contributed by atoms with Crippen LogP contribution in [0.1, 0.15) is 5.56 Å². The van der Waals surface area contributed by atoms with Gasteiger partial charge in [0.05, 0.1) is 16.9 Å². The Morgan fingerprint density at radius 2 is 1.85 bits per heavy atom. The van der Waals surface area contributed by atoms with Gasteiger partial charge >= 0.3 is 6.03 Å². The van der Waals surface area contributed by atoms with Crippen molar-refractivity contribution in [3.05, 3.63) is 58.6 Å². The SMILES string of the molecule is N#Cc1ccccc1NC(=O)CN1CC(=O)N(c2ccc(Br)cc2)C1=O. The van der Waals surface area contributed by atoms with Crippen molar-refractivity contribution in [3.63, 3.8) is 0 Å². The van der Waals surface area contributed by atoms with E-state index in [1.54, 1.807) is 48.5 Å². The highest BCUT2D eigenvalue weighted by Crippen LogP contribution is 2.23. The summed E-state index contributed by atoms with van der Waals surface area (Å²) >= 11 is 3.30. The molecule has 1 aliphatic rings. The summed E-state index contributed by atoms with van der Waals surface area (Å²) < 4.78 is 0.827. The van der Waals surface area contributed by atoms with Crippen molar-refractivity contribution in [1.82, 2.24) is 4.90 Å². The summed E-state index contributed by atoms with van der Waals surface area (Å²) in [5, 5.41) is 11.6. The second kappa shape index (κ2) is 7.37. The molecule has 0 spiro atoms. The van der Waals surface area contributed by atoms with Gasteiger partial charge in [0.15, 0.2) is 0 Å². The third-order valence-corrected chi connectivity index (χ3v) is 4.31. The molecule has 2 aromatic carbocycles. The van der Waals surface area contributed by atoms with E-state index in [0.29, 0.717) is 16.9 Å². The molecule has 0 aromatic heterocycles. The molecule has 1 N–H and O–H groups in total. The van der Waals surface area contributed by atoms with Gasteiger partial charge in [0.1, 0.15) is 19.2 Å². The topological polar surface area (TPSA) is 93.5 Å². The number of para-hydroxylation sites is 1. The molecule has 1 fully saturated rings. The van der Waals surface area contributed by atoms with E-state index in [1.165, 1.54) is 0 Å². The molecule has 8 heteroatoms. The van der Waals surface area contributed by atoms with Gasteiger partial charge in [-0.1, -0.05) is 28.1 Å². The van der Waals surface area contributed by atoms with E-state index >= 15 is 0 Å². The van der Waals surface area contributed by atoms with Crippen LogP contribution < -0.4 is 10.2 Å². The molecule has 0 saturated carbocycles. The van der Waals surface area contributed by atoms with Gasteiger partial charge in [-0.2, -0.15) is 5.26 Å². The van der Waals surface area contributed by atoms with Crippen LogP contribution in [0, 0.1) is 11.3 Å². The molecule has 0 aliphatic carbocycles. The minimum Gasteiger partial charge on any atom is -0.323 e. The molecular formula is C18H13BrN4O3. The molecule has 1 saturated heterocycles. The zero-order valence-corrected chi connectivity index (χ0v) is 15.1. The second-order valence-electron chi connectivity index (χ2n) is 5.55. The average molecular weight is 413 g/mol. The van der Waals surface area contributed by atoms with Crippen LogP contribution in [0.5, 0.6) is 0 Å². The van der Waals surface area contributed by atoms with Crippen molar-refractivity contribution in [2.75, 3.05) is 23.3 Å². The maximum absolute atomic E-state index is 12.5. The first-order valence-electron chi connectivity index (χ1n) is 7.66. The minimum absolute atomic E-state index is 0.178. The number of nitrogens with zero attached hydrogens (tertiary/aromatic N) is 3. The summed E-state index contributed by atoms with van der Waals surface area (Å²) in [5.41, 5.74) is 1.13. The fourth-order valence-corrected chi connectivity index (χ4v) is 2.83. The molecule has 1 heterocycles. The van der Waals surface area contributed by atoms with Gasteiger partial charge in [-0.3, -0.25) is 9.59 Å². The lowest BCUT2D eigenvalue weighted by Crippen LogP contribution is -2.37. The minimum atomic E-state index is -0.555. The molecule has 2 aromatic rings. The van der Waals surface area contributed by atoms with Gasteiger partial charge in [-0.25, -0.2) is 9.69 Å². The quantitative estimate of drug-likeness (QED) is 0.781. The Bertz CT molecular complexity index is 921. The van der Waals surface area contributed by atoms with Gasteiger partial charge in [0.25, 0.3) is 5.91 Å². The van der Waals surface area contributed by atoms with E-state index < -0.39 is 17.8 Å². The number of rotatable bonds is 4. The lowest BCUT2D eigenvalue weighted by Gasteiger charge is -2.17. The Morgan fingerprint density at radius 3 is 2.54 bits per heavy atom. The Balaban J connectivity index is 1.70. The molecule has 0 unspecified atom stereocenters. The molecule has 1 aliphatic heterocycles. The molecule has 0 atom stereocenters. The van der Waals surface area contributed by atoms with Crippen LogP contribution in [0.3, 0.4) is 0 Å². The van der Waals surface area contributed by atoms with Gasteiger partial charge in [0, 0.05) is 4.47 Å². The Morgan fingerprint density at radius 1 is 1.15 bits per heavy atom. The Kier molecular flexibility index (Phi) is 5.00. The molecule has 3 rings (SSSR count). The number of anilines is 2. The molecule has 7 nitrogen and oxygen atoms in total. The first kappa shape index (κ1) is 17.6. The zero-order chi connectivity index (χ0) is 18.7. The maximum Gasteiger partial charge on any atom is 0.332 e. The van der Waals surface area contributed by atoms with Gasteiger partial charge < -0.3 is 10.2 Å². The lowest BCUT2D eigenvalue weighted by atomic mass is 10.2. The van der Waals surface area contributed by atoms with Gasteiger partial charge in [-0.05, 0) is 36.4 Å². The predicted molar refractivity (Wildman–Crippen MR) is 98.4 cm³/mol. The molecule has 4 amide bonds. The Hall–Kier alpha value is -3.18. The van der Waals surface area contributed by atoms with Crippen LogP contribution in [0.4, 0.5) is 16.2 Å². The third kappa shape index (κ3) is 3.58. The highest BCUT2D eigenvalue weighted by Gasteiger charge is 2.37. The summed E-state index contributed by atoms with van der Waals surface area (Å²) in [4.78, 5) is 39.1. The van der Waals surface area contributed by atoms with Gasteiger partial charge in [0.2, 0.25) is 5.91 Å². The molecular weight excluding hydrogens is 400 g/mol. The first-order chi connectivity index (χ1) is 12.5. The van der Waals surface area contributed by atoms with E-state index in [9.17, 15) is 14.4 Å². The van der Waals surface area contributed by atoms with E-state index in [1.807, 2.05) is 6.07 Å². The molecule has 130 valence electrons. The first-order valence-corrected chi connectivity index (χ1v) is 8.45. The number of hydrogen-bond donors (Lipinski definition) is 1. The predicted octanol–water partition coefficient (Wildman–Crippen LogP) is 2.73. The van der Waals surface area contributed by atoms with Crippen molar-refractivity contribution in [1.29, 1.82) is 5.26 Å². The third-order valence-electron chi connectivity index (χ3n) is 3.78. The summed E-state index contributed by atoms with van der Waals surface area (Å²) in [6, 6.07) is 14.7. The number of carbonyl (C=O) groups excluding carboxylic acids is 3. The number of nitriles is 1. The van der Waals surface area contributed by atoms with Crippen molar-refractivity contribution in [2.24, 2.45) is 0 Å². The highest BCUT2D eigenvalue weighted by atomic mass is 79.9. The highest BCUT2D eigenvalue weighted by molar-refractivity contribution is 9.10. The normalized spacial score (nSPS) is 13.7. The lowest BCUT2D eigenvalue weighted by molar-refractivity contribution is -0.118.